The number of rotatable bonds is 5. The largest absolute Gasteiger partial charge is 0.488 e. The third kappa shape index (κ3) is 2.80. The second-order valence-corrected chi connectivity index (χ2v) is 4.71. The maximum Gasteiger partial charge on any atom is 0.129 e. The lowest BCUT2D eigenvalue weighted by Crippen LogP contribution is -2.29. The minimum absolute atomic E-state index is 0.0545. The van der Waals surface area contributed by atoms with Crippen molar-refractivity contribution in [2.24, 2.45) is 0 Å². The first-order valence-electron chi connectivity index (χ1n) is 6.49. The molecule has 0 aliphatic carbocycles. The molecule has 1 aromatic heterocycles. The highest BCUT2D eigenvalue weighted by Crippen LogP contribution is 2.27. The van der Waals surface area contributed by atoms with Crippen LogP contribution in [0.2, 0.25) is 0 Å². The molecule has 0 saturated carbocycles. The second kappa shape index (κ2) is 5.47. The fourth-order valence-electron chi connectivity index (χ4n) is 2.33. The van der Waals surface area contributed by atoms with E-state index in [-0.39, 0.29) is 12.7 Å². The molecule has 0 amide bonds. The minimum atomic E-state index is -0.0545. The summed E-state index contributed by atoms with van der Waals surface area (Å²) in [6, 6.07) is 11.8. The summed E-state index contributed by atoms with van der Waals surface area (Å²) in [5.74, 6) is 2.43. The molecule has 4 heteroatoms. The van der Waals surface area contributed by atoms with Crippen LogP contribution in [0.1, 0.15) is 17.1 Å². The van der Waals surface area contributed by atoms with Gasteiger partial charge in [0, 0.05) is 13.0 Å². The monoisotopic (exact) mass is 259 g/mol. The minimum Gasteiger partial charge on any atom is -0.488 e. The zero-order valence-electron chi connectivity index (χ0n) is 10.6. The summed E-state index contributed by atoms with van der Waals surface area (Å²) in [6.07, 6.45) is 1.13. The molecule has 0 radical (unpaired) electrons. The molecule has 0 bridgehead atoms. The standard InChI is InChI=1S/C15H17NO3/c17-10-13-6-5-12(18-13)8-16-9-14-7-11-3-1-2-4-15(11)19-14/h1-6,14,16-17H,7-10H2. The molecule has 1 unspecified atom stereocenters. The van der Waals surface area contributed by atoms with Crippen molar-refractivity contribution in [3.05, 3.63) is 53.5 Å². The summed E-state index contributed by atoms with van der Waals surface area (Å²) in [7, 11) is 0. The SMILES string of the molecule is OCc1ccc(CNCC2Cc3ccccc3O2)o1. The van der Waals surface area contributed by atoms with Gasteiger partial charge in [0.1, 0.15) is 30.0 Å². The van der Waals surface area contributed by atoms with Gasteiger partial charge in [-0.1, -0.05) is 18.2 Å². The lowest BCUT2D eigenvalue weighted by Gasteiger charge is -2.10. The lowest BCUT2D eigenvalue weighted by atomic mass is 10.1. The molecule has 1 aliphatic heterocycles. The smallest absolute Gasteiger partial charge is 0.129 e. The van der Waals surface area contributed by atoms with Gasteiger partial charge in [-0.3, -0.25) is 0 Å². The van der Waals surface area contributed by atoms with E-state index >= 15 is 0 Å². The van der Waals surface area contributed by atoms with Gasteiger partial charge in [0.2, 0.25) is 0 Å². The highest BCUT2D eigenvalue weighted by molar-refractivity contribution is 5.37. The van der Waals surface area contributed by atoms with Crippen molar-refractivity contribution >= 4 is 0 Å². The number of hydrogen-bond donors (Lipinski definition) is 2. The van der Waals surface area contributed by atoms with E-state index in [0.717, 1.165) is 24.5 Å². The van der Waals surface area contributed by atoms with Gasteiger partial charge in [-0.25, -0.2) is 0 Å². The number of aliphatic hydroxyl groups is 1. The molecule has 100 valence electrons. The number of furan rings is 1. The van der Waals surface area contributed by atoms with Gasteiger partial charge in [0.25, 0.3) is 0 Å². The Morgan fingerprint density at radius 3 is 2.79 bits per heavy atom. The Kier molecular flexibility index (Phi) is 3.53. The summed E-state index contributed by atoms with van der Waals surface area (Å²) in [6.45, 7) is 1.38. The predicted octanol–water partition coefficient (Wildman–Crippen LogP) is 1.87. The molecule has 2 aromatic rings. The van der Waals surface area contributed by atoms with E-state index in [1.54, 1.807) is 6.07 Å². The molecule has 2 N–H and O–H groups in total. The normalized spacial score (nSPS) is 17.2. The van der Waals surface area contributed by atoms with E-state index in [9.17, 15) is 0 Å². The van der Waals surface area contributed by atoms with Crippen molar-refractivity contribution in [1.29, 1.82) is 0 Å². The highest BCUT2D eigenvalue weighted by Gasteiger charge is 2.21. The number of nitrogens with one attached hydrogen (secondary N) is 1. The summed E-state index contributed by atoms with van der Waals surface area (Å²) in [4.78, 5) is 0. The van der Waals surface area contributed by atoms with Gasteiger partial charge in [-0.15, -0.1) is 0 Å². The van der Waals surface area contributed by atoms with Crippen molar-refractivity contribution in [3.8, 4) is 5.75 Å². The Balaban J connectivity index is 1.47. The average Bonchev–Trinajstić information content (AvgIpc) is 3.04. The van der Waals surface area contributed by atoms with Crippen LogP contribution in [0.4, 0.5) is 0 Å². The summed E-state index contributed by atoms with van der Waals surface area (Å²) in [5.41, 5.74) is 1.27. The number of aliphatic hydroxyl groups excluding tert-OH is 1. The van der Waals surface area contributed by atoms with Crippen molar-refractivity contribution in [2.45, 2.75) is 25.7 Å². The number of fused-ring (bicyclic) bond motifs is 1. The van der Waals surface area contributed by atoms with Crippen LogP contribution in [-0.4, -0.2) is 17.8 Å². The fraction of sp³-hybridized carbons (Fsp3) is 0.333. The molecule has 1 atom stereocenters. The molecule has 1 aliphatic rings. The molecular formula is C15H17NO3. The van der Waals surface area contributed by atoms with E-state index in [2.05, 4.69) is 11.4 Å². The van der Waals surface area contributed by atoms with Crippen LogP contribution in [0, 0.1) is 0 Å². The van der Waals surface area contributed by atoms with Crippen LogP contribution >= 0.6 is 0 Å². The van der Waals surface area contributed by atoms with E-state index in [1.807, 2.05) is 24.3 Å². The zero-order chi connectivity index (χ0) is 13.1. The van der Waals surface area contributed by atoms with Crippen LogP contribution in [-0.2, 0) is 19.6 Å². The molecule has 0 saturated heterocycles. The first-order valence-corrected chi connectivity index (χ1v) is 6.49. The average molecular weight is 259 g/mol. The molecule has 0 fully saturated rings. The Hall–Kier alpha value is -1.78. The van der Waals surface area contributed by atoms with Gasteiger partial charge >= 0.3 is 0 Å². The van der Waals surface area contributed by atoms with Crippen molar-refractivity contribution in [2.75, 3.05) is 6.54 Å². The highest BCUT2D eigenvalue weighted by atomic mass is 16.5. The van der Waals surface area contributed by atoms with Crippen molar-refractivity contribution < 1.29 is 14.3 Å². The van der Waals surface area contributed by atoms with E-state index in [4.69, 9.17) is 14.3 Å². The maximum absolute atomic E-state index is 8.91. The van der Waals surface area contributed by atoms with Crippen LogP contribution in [0.3, 0.4) is 0 Å². The molecule has 4 nitrogen and oxygen atoms in total. The Bertz CT molecular complexity index is 525. The summed E-state index contributed by atoms with van der Waals surface area (Å²) in [5, 5.41) is 12.2. The van der Waals surface area contributed by atoms with Gasteiger partial charge in [-0.2, -0.15) is 0 Å². The maximum atomic E-state index is 8.91. The van der Waals surface area contributed by atoms with E-state index < -0.39 is 0 Å². The number of hydrogen-bond acceptors (Lipinski definition) is 4. The first-order chi connectivity index (χ1) is 9.35. The van der Waals surface area contributed by atoms with E-state index in [0.29, 0.717) is 12.3 Å². The first kappa shape index (κ1) is 12.3. The molecule has 1 aromatic carbocycles. The second-order valence-electron chi connectivity index (χ2n) is 4.71. The molecule has 3 rings (SSSR count). The van der Waals surface area contributed by atoms with Crippen molar-refractivity contribution in [1.82, 2.24) is 5.32 Å². The Morgan fingerprint density at radius 2 is 2.00 bits per heavy atom. The zero-order valence-corrected chi connectivity index (χ0v) is 10.6. The Labute approximate surface area is 112 Å². The Morgan fingerprint density at radius 1 is 1.16 bits per heavy atom. The van der Waals surface area contributed by atoms with Crippen molar-refractivity contribution in [3.63, 3.8) is 0 Å². The number of para-hydroxylation sites is 1. The molecule has 0 spiro atoms. The van der Waals surface area contributed by atoms with Gasteiger partial charge in [-0.05, 0) is 23.8 Å². The van der Waals surface area contributed by atoms with Crippen LogP contribution < -0.4 is 10.1 Å². The summed E-state index contributed by atoms with van der Waals surface area (Å²) >= 11 is 0. The van der Waals surface area contributed by atoms with Crippen LogP contribution in [0.25, 0.3) is 0 Å². The van der Waals surface area contributed by atoms with Gasteiger partial charge in [0.15, 0.2) is 0 Å². The fourth-order valence-corrected chi connectivity index (χ4v) is 2.33. The van der Waals surface area contributed by atoms with Gasteiger partial charge < -0.3 is 19.6 Å². The third-order valence-corrected chi connectivity index (χ3v) is 3.26. The van der Waals surface area contributed by atoms with Crippen LogP contribution in [0.5, 0.6) is 5.75 Å². The molecule has 2 heterocycles. The summed E-state index contributed by atoms with van der Waals surface area (Å²) < 4.78 is 11.2. The molecule has 19 heavy (non-hydrogen) atoms. The van der Waals surface area contributed by atoms with Crippen LogP contribution in [0.15, 0.2) is 40.8 Å². The quantitative estimate of drug-likeness (QED) is 0.860. The van der Waals surface area contributed by atoms with Gasteiger partial charge in [0.05, 0.1) is 6.54 Å². The van der Waals surface area contributed by atoms with E-state index in [1.165, 1.54) is 5.56 Å². The number of ether oxygens (including phenoxy) is 1. The lowest BCUT2D eigenvalue weighted by molar-refractivity contribution is 0.223. The third-order valence-electron chi connectivity index (χ3n) is 3.26. The predicted molar refractivity (Wildman–Crippen MR) is 70.9 cm³/mol. The topological polar surface area (TPSA) is 54.6 Å². The molecular weight excluding hydrogens is 242 g/mol. The number of benzene rings is 1.